The van der Waals surface area contributed by atoms with Gasteiger partial charge in [0.25, 0.3) is 0 Å². The minimum Gasteiger partial charge on any atom is -0.369 e. The Hall–Kier alpha value is -1.13. The lowest BCUT2D eigenvalue weighted by molar-refractivity contribution is -0.129. The molecule has 1 saturated carbocycles. The summed E-state index contributed by atoms with van der Waals surface area (Å²) in [4.78, 5) is 26.6. The normalized spacial score (nSPS) is 37.3. The summed E-state index contributed by atoms with van der Waals surface area (Å²) in [6.45, 7) is 6.10. The van der Waals surface area contributed by atoms with Gasteiger partial charge in [0, 0.05) is 5.75 Å². The third-order valence-electron chi connectivity index (χ3n) is 6.18. The Labute approximate surface area is 147 Å². The van der Waals surface area contributed by atoms with E-state index in [4.69, 9.17) is 4.74 Å². The molecule has 0 N–H and O–H groups in total. The van der Waals surface area contributed by atoms with Gasteiger partial charge in [0.2, 0.25) is 0 Å². The molecule has 2 heterocycles. The van der Waals surface area contributed by atoms with Crippen LogP contribution in [0.3, 0.4) is 0 Å². The molecule has 24 heavy (non-hydrogen) atoms. The summed E-state index contributed by atoms with van der Waals surface area (Å²) in [5.41, 5.74) is 3.85. The molecule has 0 radical (unpaired) electrons. The molecule has 4 heteroatoms. The Kier molecular flexibility index (Phi) is 3.70. The van der Waals surface area contributed by atoms with E-state index >= 15 is 0 Å². The molecule has 2 saturated heterocycles. The van der Waals surface area contributed by atoms with E-state index in [-0.39, 0.29) is 29.5 Å². The number of carbonyl (C=O) groups is 2. The molecular weight excluding hydrogens is 320 g/mol. The molecular formula is C20H24O3S. The van der Waals surface area contributed by atoms with Crippen molar-refractivity contribution in [3.05, 3.63) is 34.4 Å². The predicted octanol–water partition coefficient (Wildman–Crippen LogP) is 3.37. The van der Waals surface area contributed by atoms with Crippen LogP contribution in [0.4, 0.5) is 0 Å². The van der Waals surface area contributed by atoms with Crippen molar-refractivity contribution in [1.82, 2.24) is 0 Å². The molecule has 3 fully saturated rings. The number of ether oxygens (including phenoxy) is 1. The molecule has 1 aliphatic carbocycles. The Balaban J connectivity index is 1.79. The minimum absolute atomic E-state index is 0.0466. The molecule has 0 aromatic heterocycles. The number of hydrogen-bond donors (Lipinski definition) is 0. The fourth-order valence-corrected chi connectivity index (χ4v) is 6.38. The highest BCUT2D eigenvalue weighted by molar-refractivity contribution is 7.98. The maximum atomic E-state index is 13.3. The van der Waals surface area contributed by atoms with Gasteiger partial charge < -0.3 is 4.74 Å². The maximum Gasteiger partial charge on any atom is 0.154 e. The SMILES string of the molecule is CSC[C@]12CC[C@H](O1)[C@@H]1C(=O)C(c3c(C)cc(C)cc3C)C(=O)[C@@H]12. The molecule has 5 atom stereocenters. The third kappa shape index (κ3) is 2.02. The van der Waals surface area contributed by atoms with Crippen LogP contribution in [0.25, 0.3) is 0 Å². The molecule has 0 amide bonds. The van der Waals surface area contributed by atoms with E-state index in [0.29, 0.717) is 0 Å². The molecule has 128 valence electrons. The van der Waals surface area contributed by atoms with Gasteiger partial charge in [0.15, 0.2) is 11.6 Å². The molecule has 2 aliphatic heterocycles. The number of ketones is 2. The second kappa shape index (κ2) is 5.43. The van der Waals surface area contributed by atoms with Crippen molar-refractivity contribution in [3.63, 3.8) is 0 Å². The van der Waals surface area contributed by atoms with Crippen LogP contribution in [0.1, 0.15) is 41.0 Å². The van der Waals surface area contributed by atoms with Crippen molar-refractivity contribution < 1.29 is 14.3 Å². The third-order valence-corrected chi connectivity index (χ3v) is 6.96. The zero-order chi connectivity index (χ0) is 17.2. The van der Waals surface area contributed by atoms with E-state index in [0.717, 1.165) is 35.3 Å². The van der Waals surface area contributed by atoms with E-state index < -0.39 is 11.5 Å². The first kappa shape index (κ1) is 16.3. The summed E-state index contributed by atoms with van der Waals surface area (Å²) in [6, 6.07) is 4.17. The van der Waals surface area contributed by atoms with E-state index in [9.17, 15) is 9.59 Å². The van der Waals surface area contributed by atoms with Gasteiger partial charge >= 0.3 is 0 Å². The number of thioether (sulfide) groups is 1. The van der Waals surface area contributed by atoms with Crippen LogP contribution in [0.5, 0.6) is 0 Å². The first-order valence-electron chi connectivity index (χ1n) is 8.71. The molecule has 3 aliphatic rings. The zero-order valence-corrected chi connectivity index (χ0v) is 15.5. The highest BCUT2D eigenvalue weighted by atomic mass is 32.2. The van der Waals surface area contributed by atoms with Gasteiger partial charge in [-0.2, -0.15) is 11.8 Å². The molecule has 1 aromatic carbocycles. The monoisotopic (exact) mass is 344 g/mol. The quantitative estimate of drug-likeness (QED) is 0.789. The summed E-state index contributed by atoms with van der Waals surface area (Å²) in [6.07, 6.45) is 3.83. The van der Waals surface area contributed by atoms with Crippen molar-refractivity contribution in [2.45, 2.75) is 51.2 Å². The number of carbonyl (C=O) groups excluding carboxylic acids is 2. The van der Waals surface area contributed by atoms with E-state index in [2.05, 4.69) is 19.1 Å². The number of rotatable bonds is 3. The number of benzene rings is 1. The number of hydrogen-bond acceptors (Lipinski definition) is 4. The highest BCUT2D eigenvalue weighted by Gasteiger charge is 2.69. The Morgan fingerprint density at radius 1 is 1.17 bits per heavy atom. The Bertz CT molecular complexity index is 717. The predicted molar refractivity (Wildman–Crippen MR) is 95.6 cm³/mol. The second-order valence-electron chi connectivity index (χ2n) is 7.75. The highest BCUT2D eigenvalue weighted by Crippen LogP contribution is 2.59. The standard InChI is InChI=1S/C20H24O3S/c1-10-7-11(2)14(12(3)8-10)16-18(21)15-13-5-6-20(23-13,9-24-4)17(15)19(16)22/h7-8,13,15-17H,5-6,9H2,1-4H3/t13-,15-,16?,17+,20-/m0/s1. The van der Waals surface area contributed by atoms with Crippen molar-refractivity contribution in [2.24, 2.45) is 11.8 Å². The van der Waals surface area contributed by atoms with Crippen LogP contribution in [-0.2, 0) is 14.3 Å². The summed E-state index contributed by atoms with van der Waals surface area (Å²) in [5, 5.41) is 0. The average molecular weight is 344 g/mol. The summed E-state index contributed by atoms with van der Waals surface area (Å²) < 4.78 is 6.21. The first-order chi connectivity index (χ1) is 11.4. The van der Waals surface area contributed by atoms with Crippen LogP contribution in [-0.4, -0.2) is 35.3 Å². The number of Topliss-reactive ketones (excluding diaryl/α,β-unsaturated/α-hetero) is 2. The van der Waals surface area contributed by atoms with Crippen LogP contribution in [0.2, 0.25) is 0 Å². The van der Waals surface area contributed by atoms with Crippen molar-refractivity contribution in [1.29, 1.82) is 0 Å². The fraction of sp³-hybridized carbons (Fsp3) is 0.600. The van der Waals surface area contributed by atoms with Crippen molar-refractivity contribution >= 4 is 23.3 Å². The number of fused-ring (bicyclic) bond motifs is 5. The minimum atomic E-state index is -0.577. The molecule has 1 unspecified atom stereocenters. The molecule has 3 nitrogen and oxygen atoms in total. The van der Waals surface area contributed by atoms with Gasteiger partial charge in [-0.05, 0) is 56.6 Å². The average Bonchev–Trinajstić information content (AvgIpc) is 3.12. The van der Waals surface area contributed by atoms with Gasteiger partial charge in [-0.1, -0.05) is 17.7 Å². The fourth-order valence-electron chi connectivity index (χ4n) is 5.50. The molecule has 4 rings (SSSR count). The summed E-state index contributed by atoms with van der Waals surface area (Å²) in [7, 11) is 0. The van der Waals surface area contributed by atoms with Gasteiger partial charge in [-0.3, -0.25) is 9.59 Å². The molecule has 2 bridgehead atoms. The van der Waals surface area contributed by atoms with Crippen LogP contribution >= 0.6 is 11.8 Å². The van der Waals surface area contributed by atoms with Crippen LogP contribution < -0.4 is 0 Å². The van der Waals surface area contributed by atoms with Gasteiger partial charge in [0.05, 0.1) is 23.5 Å². The summed E-state index contributed by atoms with van der Waals surface area (Å²) >= 11 is 1.72. The lowest BCUT2D eigenvalue weighted by Gasteiger charge is -2.30. The summed E-state index contributed by atoms with van der Waals surface area (Å²) in [5.74, 6) is -0.0115. The van der Waals surface area contributed by atoms with Crippen LogP contribution in [0.15, 0.2) is 12.1 Å². The lowest BCUT2D eigenvalue weighted by Crippen LogP contribution is -2.42. The van der Waals surface area contributed by atoms with Crippen molar-refractivity contribution in [3.8, 4) is 0 Å². The van der Waals surface area contributed by atoms with E-state index in [1.807, 2.05) is 20.1 Å². The van der Waals surface area contributed by atoms with E-state index in [1.54, 1.807) is 11.8 Å². The van der Waals surface area contributed by atoms with Gasteiger partial charge in [-0.25, -0.2) is 0 Å². The molecule has 1 aromatic rings. The maximum absolute atomic E-state index is 13.3. The first-order valence-corrected chi connectivity index (χ1v) is 10.1. The van der Waals surface area contributed by atoms with Gasteiger partial charge in [-0.15, -0.1) is 0 Å². The topological polar surface area (TPSA) is 43.4 Å². The lowest BCUT2D eigenvalue weighted by atomic mass is 9.74. The van der Waals surface area contributed by atoms with Crippen LogP contribution in [0, 0.1) is 32.6 Å². The smallest absolute Gasteiger partial charge is 0.154 e. The van der Waals surface area contributed by atoms with E-state index in [1.165, 1.54) is 5.56 Å². The zero-order valence-electron chi connectivity index (χ0n) is 14.7. The largest absolute Gasteiger partial charge is 0.369 e. The number of aryl methyl sites for hydroxylation is 3. The van der Waals surface area contributed by atoms with Gasteiger partial charge in [0.1, 0.15) is 5.92 Å². The Morgan fingerprint density at radius 3 is 2.46 bits per heavy atom. The second-order valence-corrected chi connectivity index (χ2v) is 8.61. The Morgan fingerprint density at radius 2 is 1.83 bits per heavy atom. The molecule has 0 spiro atoms. The van der Waals surface area contributed by atoms with Crippen molar-refractivity contribution in [2.75, 3.05) is 12.0 Å².